The Hall–Kier alpha value is -2.32. The van der Waals surface area contributed by atoms with Gasteiger partial charge in [-0.05, 0) is 6.92 Å². The predicted octanol–water partition coefficient (Wildman–Crippen LogP) is -1.31. The lowest BCUT2D eigenvalue weighted by atomic mass is 10.2. The molecule has 2 atom stereocenters. The molecule has 0 radical (unpaired) electrons. The molecule has 0 heterocycles. The van der Waals surface area contributed by atoms with Crippen LogP contribution in [-0.4, -0.2) is 65.2 Å². The van der Waals surface area contributed by atoms with Crippen LogP contribution < -0.4 is 10.6 Å². The number of hydrogen-bond acceptors (Lipinski definition) is 4. The van der Waals surface area contributed by atoms with Gasteiger partial charge in [-0.25, -0.2) is 9.59 Å². The van der Waals surface area contributed by atoms with Crippen LogP contribution in [0.25, 0.3) is 0 Å². The van der Waals surface area contributed by atoms with Crippen molar-refractivity contribution < 1.29 is 29.4 Å². The molecular formula is C10H17N3O6. The van der Waals surface area contributed by atoms with E-state index in [4.69, 9.17) is 10.2 Å². The number of carboxylic acid groups (broad SMARTS) is 2. The van der Waals surface area contributed by atoms with E-state index in [-0.39, 0.29) is 5.91 Å². The quantitative estimate of drug-likeness (QED) is 0.475. The Labute approximate surface area is 109 Å². The van der Waals surface area contributed by atoms with E-state index in [0.717, 1.165) is 0 Å². The number of rotatable bonds is 6. The Kier molecular flexibility index (Phi) is 6.31. The molecule has 9 heteroatoms. The van der Waals surface area contributed by atoms with Gasteiger partial charge in [0.25, 0.3) is 0 Å². The van der Waals surface area contributed by atoms with Crippen LogP contribution in [0.1, 0.15) is 13.3 Å². The zero-order valence-corrected chi connectivity index (χ0v) is 10.8. The van der Waals surface area contributed by atoms with Gasteiger partial charge in [0.15, 0.2) is 0 Å². The van der Waals surface area contributed by atoms with E-state index in [1.165, 1.54) is 25.9 Å². The first kappa shape index (κ1) is 16.7. The number of hydrogen-bond donors (Lipinski definition) is 4. The highest BCUT2D eigenvalue weighted by Gasteiger charge is 2.24. The van der Waals surface area contributed by atoms with Gasteiger partial charge in [0.2, 0.25) is 5.91 Å². The van der Waals surface area contributed by atoms with Gasteiger partial charge in [0.1, 0.15) is 12.1 Å². The minimum absolute atomic E-state index is 0.375. The standard InChI is InChI=1S/C10H17N3O6/c1-5(8(16)13(2)3)11-10(19)12-6(9(17)18)4-7(14)15/h5-6H,4H2,1-3H3,(H,14,15)(H,17,18)(H2,11,12,19). The van der Waals surface area contributed by atoms with E-state index >= 15 is 0 Å². The molecule has 0 saturated heterocycles. The molecule has 0 saturated carbocycles. The highest BCUT2D eigenvalue weighted by molar-refractivity contribution is 5.89. The van der Waals surface area contributed by atoms with Gasteiger partial charge in [0, 0.05) is 14.1 Å². The van der Waals surface area contributed by atoms with Crippen molar-refractivity contribution in [2.24, 2.45) is 0 Å². The van der Waals surface area contributed by atoms with Gasteiger partial charge in [-0.3, -0.25) is 9.59 Å². The number of aliphatic carboxylic acids is 2. The molecule has 2 unspecified atom stereocenters. The summed E-state index contributed by atoms with van der Waals surface area (Å²) in [6.45, 7) is 1.43. The van der Waals surface area contributed by atoms with Gasteiger partial charge in [0.05, 0.1) is 6.42 Å². The average molecular weight is 275 g/mol. The van der Waals surface area contributed by atoms with Crippen molar-refractivity contribution in [1.29, 1.82) is 0 Å². The minimum Gasteiger partial charge on any atom is -0.481 e. The normalized spacial score (nSPS) is 13.0. The second kappa shape index (κ2) is 7.19. The van der Waals surface area contributed by atoms with Crippen molar-refractivity contribution in [3.63, 3.8) is 0 Å². The van der Waals surface area contributed by atoms with Crippen molar-refractivity contribution >= 4 is 23.9 Å². The number of carboxylic acids is 2. The summed E-state index contributed by atoms with van der Waals surface area (Å²) in [5, 5.41) is 21.4. The summed E-state index contributed by atoms with van der Waals surface area (Å²) >= 11 is 0. The monoisotopic (exact) mass is 275 g/mol. The first-order valence-corrected chi connectivity index (χ1v) is 5.38. The fourth-order valence-electron chi connectivity index (χ4n) is 1.22. The Morgan fingerprint density at radius 1 is 1.11 bits per heavy atom. The first-order chi connectivity index (χ1) is 8.65. The van der Waals surface area contributed by atoms with Crippen molar-refractivity contribution in [1.82, 2.24) is 15.5 Å². The summed E-state index contributed by atoms with van der Waals surface area (Å²) in [6.07, 6.45) is -0.751. The van der Waals surface area contributed by atoms with Crippen LogP contribution in [0.2, 0.25) is 0 Å². The van der Waals surface area contributed by atoms with Gasteiger partial charge in [-0.15, -0.1) is 0 Å². The lowest BCUT2D eigenvalue weighted by Gasteiger charge is -2.19. The number of urea groups is 1. The van der Waals surface area contributed by atoms with Crippen LogP contribution in [0, 0.1) is 0 Å². The zero-order valence-electron chi connectivity index (χ0n) is 10.8. The molecule has 9 nitrogen and oxygen atoms in total. The number of nitrogens with zero attached hydrogens (tertiary/aromatic N) is 1. The third-order valence-electron chi connectivity index (χ3n) is 2.14. The summed E-state index contributed by atoms with van der Waals surface area (Å²) in [5.74, 6) is -3.20. The molecule has 0 spiro atoms. The van der Waals surface area contributed by atoms with Gasteiger partial charge in [-0.1, -0.05) is 0 Å². The van der Waals surface area contributed by atoms with Crippen molar-refractivity contribution in [2.45, 2.75) is 25.4 Å². The molecule has 3 amide bonds. The smallest absolute Gasteiger partial charge is 0.326 e. The number of nitrogens with one attached hydrogen (secondary N) is 2. The SMILES string of the molecule is CC(NC(=O)NC(CC(=O)O)C(=O)O)C(=O)N(C)C. The number of likely N-dealkylation sites (N-methyl/N-ethyl adjacent to an activating group) is 1. The second-order valence-electron chi connectivity index (χ2n) is 4.06. The van der Waals surface area contributed by atoms with Gasteiger partial charge in [-0.2, -0.15) is 0 Å². The molecular weight excluding hydrogens is 258 g/mol. The molecule has 0 aromatic carbocycles. The van der Waals surface area contributed by atoms with Crippen LogP contribution in [0.5, 0.6) is 0 Å². The third-order valence-corrected chi connectivity index (χ3v) is 2.14. The van der Waals surface area contributed by atoms with Crippen LogP contribution in [0.3, 0.4) is 0 Å². The van der Waals surface area contributed by atoms with Crippen LogP contribution in [0.4, 0.5) is 4.79 Å². The van der Waals surface area contributed by atoms with Crippen LogP contribution in [-0.2, 0) is 14.4 Å². The van der Waals surface area contributed by atoms with Gasteiger partial charge < -0.3 is 25.7 Å². The van der Waals surface area contributed by atoms with E-state index < -0.39 is 36.5 Å². The second-order valence-corrected chi connectivity index (χ2v) is 4.06. The predicted molar refractivity (Wildman–Crippen MR) is 63.5 cm³/mol. The molecule has 0 aromatic rings. The van der Waals surface area contributed by atoms with E-state index in [1.54, 1.807) is 0 Å². The highest BCUT2D eigenvalue weighted by atomic mass is 16.4. The molecule has 4 N–H and O–H groups in total. The highest BCUT2D eigenvalue weighted by Crippen LogP contribution is 1.94. The molecule has 0 fully saturated rings. The zero-order chi connectivity index (χ0) is 15.2. The Morgan fingerprint density at radius 2 is 1.63 bits per heavy atom. The lowest BCUT2D eigenvalue weighted by molar-refractivity contribution is -0.145. The maximum Gasteiger partial charge on any atom is 0.326 e. The summed E-state index contributed by atoms with van der Waals surface area (Å²) in [7, 11) is 3.01. The topological polar surface area (TPSA) is 136 Å². The van der Waals surface area contributed by atoms with Crippen LogP contribution in [0.15, 0.2) is 0 Å². The largest absolute Gasteiger partial charge is 0.481 e. The summed E-state index contributed by atoms with van der Waals surface area (Å²) in [6, 6.07) is -3.33. The fourth-order valence-corrected chi connectivity index (χ4v) is 1.22. The van der Waals surface area contributed by atoms with Gasteiger partial charge >= 0.3 is 18.0 Å². The van der Waals surface area contributed by atoms with E-state index in [0.29, 0.717) is 0 Å². The Morgan fingerprint density at radius 3 is 2.00 bits per heavy atom. The molecule has 19 heavy (non-hydrogen) atoms. The molecule has 0 aromatic heterocycles. The third kappa shape index (κ3) is 6.24. The molecule has 0 aliphatic carbocycles. The van der Waals surface area contributed by atoms with Crippen molar-refractivity contribution in [3.05, 3.63) is 0 Å². The molecule has 108 valence electrons. The lowest BCUT2D eigenvalue weighted by Crippen LogP contribution is -2.52. The van der Waals surface area contributed by atoms with E-state index in [9.17, 15) is 19.2 Å². The maximum absolute atomic E-state index is 11.4. The summed E-state index contributed by atoms with van der Waals surface area (Å²) < 4.78 is 0. The van der Waals surface area contributed by atoms with E-state index in [2.05, 4.69) is 5.32 Å². The fraction of sp³-hybridized carbons (Fsp3) is 0.600. The minimum atomic E-state index is -1.56. The van der Waals surface area contributed by atoms with Crippen molar-refractivity contribution in [3.8, 4) is 0 Å². The number of carbonyl (C=O) groups is 4. The Bertz CT molecular complexity index is 381. The maximum atomic E-state index is 11.4. The van der Waals surface area contributed by atoms with Crippen LogP contribution >= 0.6 is 0 Å². The summed E-state index contributed by atoms with van der Waals surface area (Å²) in [4.78, 5) is 45.3. The molecule has 0 aliphatic rings. The molecule has 0 aliphatic heterocycles. The summed E-state index contributed by atoms with van der Waals surface area (Å²) in [5.41, 5.74) is 0. The number of carbonyl (C=O) groups excluding carboxylic acids is 2. The molecule has 0 rings (SSSR count). The van der Waals surface area contributed by atoms with E-state index in [1.807, 2.05) is 5.32 Å². The van der Waals surface area contributed by atoms with Crippen molar-refractivity contribution in [2.75, 3.05) is 14.1 Å². The molecule has 0 bridgehead atoms. The number of amides is 3. The first-order valence-electron chi connectivity index (χ1n) is 5.38. The Balaban J connectivity index is 4.46. The average Bonchev–Trinajstić information content (AvgIpc) is 2.25.